The highest BCUT2D eigenvalue weighted by Gasteiger charge is 2.29. The number of rotatable bonds is 4. The van der Waals surface area contributed by atoms with Crippen LogP contribution in [0.5, 0.6) is 0 Å². The molecule has 2 heterocycles. The molecule has 1 aromatic heterocycles. The largest absolute Gasteiger partial charge is 0.444 e. The van der Waals surface area contributed by atoms with Crippen LogP contribution in [0.3, 0.4) is 0 Å². The number of ether oxygens (including phenoxy) is 1. The molecular formula is C16H23N3O5S. The van der Waals surface area contributed by atoms with E-state index < -0.39 is 21.3 Å². The quantitative estimate of drug-likeness (QED) is 0.597. The van der Waals surface area contributed by atoms with Crippen LogP contribution in [0.15, 0.2) is 23.4 Å². The number of amides is 1. The van der Waals surface area contributed by atoms with E-state index in [9.17, 15) is 19.1 Å². The minimum Gasteiger partial charge on any atom is -0.444 e. The lowest BCUT2D eigenvalue weighted by molar-refractivity contribution is -0.388. The molecule has 1 amide bonds. The van der Waals surface area contributed by atoms with Crippen LogP contribution in [-0.2, 0) is 15.5 Å². The van der Waals surface area contributed by atoms with Crippen molar-refractivity contribution in [2.45, 2.75) is 44.2 Å². The van der Waals surface area contributed by atoms with E-state index in [4.69, 9.17) is 4.74 Å². The lowest BCUT2D eigenvalue weighted by atomic mass is 9.99. The summed E-state index contributed by atoms with van der Waals surface area (Å²) in [6, 6.07) is 2.77. The summed E-state index contributed by atoms with van der Waals surface area (Å²) in [5.41, 5.74) is -0.750. The van der Waals surface area contributed by atoms with Gasteiger partial charge in [0.1, 0.15) is 5.60 Å². The molecule has 1 saturated heterocycles. The van der Waals surface area contributed by atoms with Gasteiger partial charge < -0.3 is 9.64 Å². The van der Waals surface area contributed by atoms with E-state index in [1.54, 1.807) is 4.90 Å². The Morgan fingerprint density at radius 1 is 1.44 bits per heavy atom. The van der Waals surface area contributed by atoms with Gasteiger partial charge in [-0.1, -0.05) is 0 Å². The Labute approximate surface area is 149 Å². The number of pyridine rings is 1. The summed E-state index contributed by atoms with van der Waals surface area (Å²) in [4.78, 5) is 28.1. The van der Waals surface area contributed by atoms with E-state index in [-0.39, 0.29) is 22.7 Å². The molecule has 0 saturated carbocycles. The fraction of sp³-hybridized carbons (Fsp3) is 0.625. The first kappa shape index (κ1) is 19.3. The van der Waals surface area contributed by atoms with Crippen molar-refractivity contribution in [3.8, 4) is 0 Å². The van der Waals surface area contributed by atoms with Gasteiger partial charge in [0, 0.05) is 31.1 Å². The van der Waals surface area contributed by atoms with Crippen molar-refractivity contribution in [1.29, 1.82) is 0 Å². The number of hydrogen-bond acceptors (Lipinski definition) is 6. The van der Waals surface area contributed by atoms with Crippen molar-refractivity contribution in [3.05, 3.63) is 28.4 Å². The normalized spacial score (nSPS) is 17.2. The molecule has 0 radical (unpaired) electrons. The summed E-state index contributed by atoms with van der Waals surface area (Å²) in [6.07, 6.45) is 2.44. The average molecular weight is 369 g/mol. The summed E-state index contributed by atoms with van der Waals surface area (Å²) < 4.78 is 17.8. The van der Waals surface area contributed by atoms with E-state index >= 15 is 0 Å². The van der Waals surface area contributed by atoms with Crippen molar-refractivity contribution in [1.82, 2.24) is 9.88 Å². The van der Waals surface area contributed by atoms with Gasteiger partial charge in [0.2, 0.25) is 5.03 Å². The monoisotopic (exact) mass is 369 g/mol. The number of carbonyl (C=O) groups excluding carboxylic acids is 1. The summed E-state index contributed by atoms with van der Waals surface area (Å²) >= 11 is 0. The van der Waals surface area contributed by atoms with Crippen molar-refractivity contribution >= 4 is 22.6 Å². The van der Waals surface area contributed by atoms with Crippen LogP contribution in [0.2, 0.25) is 0 Å². The van der Waals surface area contributed by atoms with Crippen LogP contribution in [0.25, 0.3) is 0 Å². The molecule has 1 aliphatic heterocycles. The minimum atomic E-state index is -1.54. The fourth-order valence-electron chi connectivity index (χ4n) is 2.60. The third kappa shape index (κ3) is 5.48. The van der Waals surface area contributed by atoms with Gasteiger partial charge in [-0.2, -0.15) is 0 Å². The lowest BCUT2D eigenvalue weighted by Gasteiger charge is -2.33. The van der Waals surface area contributed by atoms with Crippen LogP contribution in [0.4, 0.5) is 10.5 Å². The van der Waals surface area contributed by atoms with Gasteiger partial charge in [0.15, 0.2) is 0 Å². The number of hydrogen-bond donors (Lipinski definition) is 0. The zero-order chi connectivity index (χ0) is 18.6. The van der Waals surface area contributed by atoms with Crippen molar-refractivity contribution in [2.24, 2.45) is 5.92 Å². The molecule has 9 heteroatoms. The van der Waals surface area contributed by atoms with E-state index in [0.29, 0.717) is 31.7 Å². The Hall–Kier alpha value is -2.03. The highest BCUT2D eigenvalue weighted by atomic mass is 32.2. The van der Waals surface area contributed by atoms with Gasteiger partial charge in [0.05, 0.1) is 15.7 Å². The number of aromatic nitrogens is 1. The molecule has 0 N–H and O–H groups in total. The summed E-state index contributed by atoms with van der Waals surface area (Å²) in [6.45, 7) is 6.52. The van der Waals surface area contributed by atoms with E-state index in [1.165, 1.54) is 18.3 Å². The molecule has 0 bridgehead atoms. The van der Waals surface area contributed by atoms with Crippen LogP contribution in [0.1, 0.15) is 33.6 Å². The SMILES string of the molecule is CC(C)(C)OC(=O)N1CCC(C[S@](=O)c2ncccc2[N+](=O)[O-])CC1. The maximum atomic E-state index is 12.5. The first-order valence-corrected chi connectivity index (χ1v) is 9.45. The smallest absolute Gasteiger partial charge is 0.410 e. The molecule has 0 aliphatic carbocycles. The maximum Gasteiger partial charge on any atom is 0.410 e. The zero-order valence-electron chi connectivity index (χ0n) is 14.6. The molecule has 1 aromatic rings. The molecule has 138 valence electrons. The predicted octanol–water partition coefficient (Wildman–Crippen LogP) is 2.74. The van der Waals surface area contributed by atoms with E-state index in [2.05, 4.69) is 4.98 Å². The standard InChI is InChI=1S/C16H23N3O5S/c1-16(2,3)24-15(20)18-9-6-12(7-10-18)11-25(23)14-13(19(21)22)5-4-8-17-14/h4-5,8,12H,6-7,9-11H2,1-3H3/t25-/m0/s1. The Balaban J connectivity index is 1.91. The van der Waals surface area contributed by atoms with Crippen molar-refractivity contribution in [2.75, 3.05) is 18.8 Å². The van der Waals surface area contributed by atoms with Crippen LogP contribution in [0, 0.1) is 16.0 Å². The highest BCUT2D eigenvalue weighted by molar-refractivity contribution is 7.85. The van der Waals surface area contributed by atoms with Crippen LogP contribution in [-0.4, -0.2) is 49.6 Å². The Morgan fingerprint density at radius 2 is 2.08 bits per heavy atom. The van der Waals surface area contributed by atoms with Gasteiger partial charge in [-0.15, -0.1) is 0 Å². The molecule has 8 nitrogen and oxygen atoms in total. The summed E-state index contributed by atoms with van der Waals surface area (Å²) in [5, 5.41) is 11.0. The Kier molecular flexibility index (Phi) is 6.10. The lowest BCUT2D eigenvalue weighted by Crippen LogP contribution is -2.42. The molecule has 1 atom stereocenters. The van der Waals surface area contributed by atoms with Gasteiger partial charge in [-0.3, -0.25) is 14.3 Å². The van der Waals surface area contributed by atoms with Crippen molar-refractivity contribution < 1.29 is 18.7 Å². The van der Waals surface area contributed by atoms with Gasteiger partial charge in [0.25, 0.3) is 0 Å². The third-order valence-electron chi connectivity index (χ3n) is 3.82. The predicted molar refractivity (Wildman–Crippen MR) is 92.7 cm³/mol. The number of nitrogens with zero attached hydrogens (tertiary/aromatic N) is 3. The second kappa shape index (κ2) is 7.90. The van der Waals surface area contributed by atoms with Crippen LogP contribution >= 0.6 is 0 Å². The minimum absolute atomic E-state index is 0.0158. The van der Waals surface area contributed by atoms with Gasteiger partial charge in [-0.25, -0.2) is 9.78 Å². The van der Waals surface area contributed by atoms with Crippen LogP contribution < -0.4 is 0 Å². The number of nitro groups is 1. The molecule has 1 fully saturated rings. The van der Waals surface area contributed by atoms with Gasteiger partial charge >= 0.3 is 11.8 Å². The Bertz CT molecular complexity index is 666. The first-order valence-electron chi connectivity index (χ1n) is 8.13. The molecule has 0 aromatic carbocycles. The number of piperidine rings is 1. The average Bonchev–Trinajstić information content (AvgIpc) is 2.53. The molecule has 1 aliphatic rings. The fourth-order valence-corrected chi connectivity index (χ4v) is 4.07. The van der Waals surface area contributed by atoms with Crippen molar-refractivity contribution in [3.63, 3.8) is 0 Å². The zero-order valence-corrected chi connectivity index (χ0v) is 15.5. The first-order chi connectivity index (χ1) is 11.7. The Morgan fingerprint density at radius 3 is 2.64 bits per heavy atom. The molecule has 2 rings (SSSR count). The number of likely N-dealkylation sites (tertiary alicyclic amines) is 1. The molecule has 25 heavy (non-hydrogen) atoms. The summed E-state index contributed by atoms with van der Waals surface area (Å²) in [5.74, 6) is 0.432. The topological polar surface area (TPSA) is 103 Å². The molecule has 0 unspecified atom stereocenters. The second-order valence-electron chi connectivity index (χ2n) is 7.01. The second-order valence-corrected chi connectivity index (χ2v) is 8.42. The number of carbonyl (C=O) groups is 1. The maximum absolute atomic E-state index is 12.5. The molecule has 0 spiro atoms. The molecular weight excluding hydrogens is 346 g/mol. The summed E-state index contributed by atoms with van der Waals surface area (Å²) in [7, 11) is -1.54. The highest BCUT2D eigenvalue weighted by Crippen LogP contribution is 2.25. The third-order valence-corrected chi connectivity index (χ3v) is 5.34. The van der Waals surface area contributed by atoms with Gasteiger partial charge in [-0.05, 0) is 45.6 Å². The van der Waals surface area contributed by atoms with E-state index in [0.717, 1.165) is 0 Å². The van der Waals surface area contributed by atoms with E-state index in [1.807, 2.05) is 20.8 Å².